The van der Waals surface area contributed by atoms with Crippen LogP contribution in [0, 0.1) is 24.0 Å². The average Bonchev–Trinajstić information content (AvgIpc) is 2.34. The monoisotopic (exact) mass is 267 g/mol. The molecule has 4 heteroatoms. The maximum absolute atomic E-state index is 13.7. The molecule has 0 aliphatic heterocycles. The third-order valence-corrected chi connectivity index (χ3v) is 2.48. The normalized spacial score (nSPS) is 10.5. The predicted molar refractivity (Wildman–Crippen MR) is 71.9 cm³/mol. The molecule has 0 aliphatic carbocycles. The Kier molecular flexibility index (Phi) is 6.31. The van der Waals surface area contributed by atoms with Gasteiger partial charge in [0.1, 0.15) is 0 Å². The van der Waals surface area contributed by atoms with Gasteiger partial charge < -0.3 is 10.1 Å². The summed E-state index contributed by atoms with van der Waals surface area (Å²) in [4.78, 5) is 0. The number of nitrogens with one attached hydrogen (secondary N) is 1. The Morgan fingerprint density at radius 1 is 1.32 bits per heavy atom. The van der Waals surface area contributed by atoms with Crippen molar-refractivity contribution in [1.29, 1.82) is 0 Å². The number of unbranched alkanes of at least 4 members (excludes halogenated alkanes) is 1. The highest BCUT2D eigenvalue weighted by Gasteiger charge is 2.12. The molecule has 2 nitrogen and oxygen atoms in total. The van der Waals surface area contributed by atoms with Gasteiger partial charge in [-0.1, -0.05) is 13.8 Å². The van der Waals surface area contributed by atoms with Crippen molar-refractivity contribution in [3.05, 3.63) is 29.3 Å². The fourth-order valence-electron chi connectivity index (χ4n) is 1.52. The summed E-state index contributed by atoms with van der Waals surface area (Å²) in [6, 6.07) is 2.83. The minimum absolute atomic E-state index is 0.210. The minimum Gasteiger partial charge on any atom is -0.488 e. The zero-order valence-corrected chi connectivity index (χ0v) is 11.3. The Bertz CT molecular complexity index is 429. The van der Waals surface area contributed by atoms with Crippen LogP contribution in [0.5, 0.6) is 5.75 Å². The molecule has 0 amide bonds. The number of halogens is 2. The van der Waals surface area contributed by atoms with E-state index in [1.165, 1.54) is 12.1 Å². The second-order valence-corrected chi connectivity index (χ2v) is 4.58. The first-order valence-electron chi connectivity index (χ1n) is 6.32. The third kappa shape index (κ3) is 5.27. The minimum atomic E-state index is -0.679. The summed E-state index contributed by atoms with van der Waals surface area (Å²) in [5.74, 6) is 0.757. The molecule has 0 bridgehead atoms. The highest BCUT2D eigenvalue weighted by atomic mass is 19.1. The van der Waals surface area contributed by atoms with Gasteiger partial charge in [0.15, 0.2) is 17.4 Å². The molecular weight excluding hydrogens is 248 g/mol. The molecule has 0 spiro atoms. The van der Waals surface area contributed by atoms with Crippen molar-refractivity contribution in [2.75, 3.05) is 6.61 Å². The van der Waals surface area contributed by atoms with Crippen LogP contribution in [0.15, 0.2) is 12.1 Å². The van der Waals surface area contributed by atoms with Gasteiger partial charge in [0, 0.05) is 19.0 Å². The zero-order chi connectivity index (χ0) is 14.3. The van der Waals surface area contributed by atoms with E-state index in [-0.39, 0.29) is 18.4 Å². The lowest BCUT2D eigenvalue weighted by Gasteiger charge is -2.11. The number of benzene rings is 1. The first-order valence-corrected chi connectivity index (χ1v) is 6.32. The van der Waals surface area contributed by atoms with Crippen molar-refractivity contribution in [3.8, 4) is 18.1 Å². The molecule has 1 rings (SSSR count). The largest absolute Gasteiger partial charge is 0.488 e. The van der Waals surface area contributed by atoms with Crippen molar-refractivity contribution in [3.63, 3.8) is 0 Å². The molecule has 0 heterocycles. The van der Waals surface area contributed by atoms with Gasteiger partial charge in [0.05, 0.1) is 6.61 Å². The predicted octanol–water partition coefficient (Wildman–Crippen LogP) is 3.26. The number of ether oxygens (including phenoxy) is 1. The number of terminal acetylenes is 1. The van der Waals surface area contributed by atoms with Crippen molar-refractivity contribution in [1.82, 2.24) is 5.32 Å². The zero-order valence-electron chi connectivity index (χ0n) is 11.3. The second-order valence-electron chi connectivity index (χ2n) is 4.58. The van der Waals surface area contributed by atoms with Crippen LogP contribution in [0.3, 0.4) is 0 Å². The Morgan fingerprint density at radius 2 is 1.95 bits per heavy atom. The number of rotatable bonds is 7. The molecule has 1 N–H and O–H groups in total. The van der Waals surface area contributed by atoms with E-state index >= 15 is 0 Å². The van der Waals surface area contributed by atoms with Gasteiger partial charge in [-0.05, 0) is 24.1 Å². The van der Waals surface area contributed by atoms with Gasteiger partial charge in [0.25, 0.3) is 0 Å². The topological polar surface area (TPSA) is 21.3 Å². The fraction of sp³-hybridized carbons (Fsp3) is 0.467. The van der Waals surface area contributed by atoms with Crippen LogP contribution >= 0.6 is 0 Å². The van der Waals surface area contributed by atoms with Gasteiger partial charge in [-0.3, -0.25) is 0 Å². The molecule has 0 aromatic heterocycles. The van der Waals surface area contributed by atoms with Gasteiger partial charge >= 0.3 is 0 Å². The van der Waals surface area contributed by atoms with E-state index in [4.69, 9.17) is 11.2 Å². The van der Waals surface area contributed by atoms with E-state index in [9.17, 15) is 8.78 Å². The molecule has 0 saturated heterocycles. The smallest absolute Gasteiger partial charge is 0.190 e. The third-order valence-electron chi connectivity index (χ3n) is 2.48. The molecule has 0 radical (unpaired) electrons. The highest BCUT2D eigenvalue weighted by Crippen LogP contribution is 2.23. The van der Waals surface area contributed by atoms with Crippen molar-refractivity contribution in [2.24, 2.45) is 0 Å². The molecule has 0 unspecified atom stereocenters. The molecule has 104 valence electrons. The fourth-order valence-corrected chi connectivity index (χ4v) is 1.52. The maximum Gasteiger partial charge on any atom is 0.190 e. The summed E-state index contributed by atoms with van der Waals surface area (Å²) in [7, 11) is 0. The molecule has 0 atom stereocenters. The van der Waals surface area contributed by atoms with Crippen LogP contribution in [0.2, 0.25) is 0 Å². The first kappa shape index (κ1) is 15.5. The standard InChI is InChI=1S/C15H19F2NO/c1-4-5-6-7-19-15-13(16)8-12(9-14(15)17)10-18-11(2)3/h1,8-9,11,18H,5-7,10H2,2-3H3. The van der Waals surface area contributed by atoms with Crippen LogP contribution in [0.4, 0.5) is 8.78 Å². The lowest BCUT2D eigenvalue weighted by Crippen LogP contribution is -2.22. The number of hydrogen-bond acceptors (Lipinski definition) is 2. The van der Waals surface area contributed by atoms with Gasteiger partial charge in [-0.2, -0.15) is 0 Å². The maximum atomic E-state index is 13.7. The van der Waals surface area contributed by atoms with Gasteiger partial charge in [-0.15, -0.1) is 12.3 Å². The van der Waals surface area contributed by atoms with Crippen molar-refractivity contribution in [2.45, 2.75) is 39.3 Å². The quantitative estimate of drug-likeness (QED) is 0.605. The SMILES string of the molecule is C#CCCCOc1c(F)cc(CNC(C)C)cc1F. The summed E-state index contributed by atoms with van der Waals surface area (Å²) in [5.41, 5.74) is 0.555. The lowest BCUT2D eigenvalue weighted by atomic mass is 10.2. The van der Waals surface area contributed by atoms with E-state index in [1.54, 1.807) is 0 Å². The highest BCUT2D eigenvalue weighted by molar-refractivity contribution is 5.31. The van der Waals surface area contributed by atoms with Crippen LogP contribution in [0.1, 0.15) is 32.3 Å². The number of hydrogen-bond donors (Lipinski definition) is 1. The van der Waals surface area contributed by atoms with E-state index in [2.05, 4.69) is 11.2 Å². The summed E-state index contributed by atoms with van der Waals surface area (Å²) in [6.07, 6.45) is 6.19. The molecule has 0 fully saturated rings. The van der Waals surface area contributed by atoms with E-state index in [0.29, 0.717) is 24.9 Å². The Hall–Kier alpha value is -1.60. The Morgan fingerprint density at radius 3 is 2.47 bits per heavy atom. The summed E-state index contributed by atoms with van der Waals surface area (Å²) in [5, 5.41) is 3.10. The molecular formula is C15H19F2NO. The van der Waals surface area contributed by atoms with E-state index < -0.39 is 11.6 Å². The molecule has 19 heavy (non-hydrogen) atoms. The van der Waals surface area contributed by atoms with Crippen LogP contribution in [0.25, 0.3) is 0 Å². The summed E-state index contributed by atoms with van der Waals surface area (Å²) in [6.45, 7) is 4.57. The first-order chi connectivity index (χ1) is 9.04. The van der Waals surface area contributed by atoms with Gasteiger partial charge in [0.2, 0.25) is 0 Å². The summed E-state index contributed by atoms with van der Waals surface area (Å²) < 4.78 is 32.5. The second kappa shape index (κ2) is 7.75. The van der Waals surface area contributed by atoms with Crippen LogP contribution < -0.4 is 10.1 Å². The van der Waals surface area contributed by atoms with Crippen molar-refractivity contribution >= 4 is 0 Å². The van der Waals surface area contributed by atoms with Crippen molar-refractivity contribution < 1.29 is 13.5 Å². The van der Waals surface area contributed by atoms with Crippen LogP contribution in [-0.4, -0.2) is 12.6 Å². The van der Waals surface area contributed by atoms with Gasteiger partial charge in [-0.25, -0.2) is 8.78 Å². The Labute approximate surface area is 113 Å². The lowest BCUT2D eigenvalue weighted by molar-refractivity contribution is 0.281. The Balaban J connectivity index is 2.66. The molecule has 1 aromatic carbocycles. The van der Waals surface area contributed by atoms with E-state index in [0.717, 1.165) is 0 Å². The van der Waals surface area contributed by atoms with Crippen LogP contribution in [-0.2, 0) is 6.54 Å². The van der Waals surface area contributed by atoms with E-state index in [1.807, 2.05) is 13.8 Å². The summed E-state index contributed by atoms with van der Waals surface area (Å²) >= 11 is 0. The average molecular weight is 267 g/mol. The molecule has 0 aliphatic rings. The molecule has 1 aromatic rings. The molecule has 0 saturated carbocycles.